The first kappa shape index (κ1) is 12.8. The largest absolute Gasteiger partial charge is 0.376 e. The number of ether oxygens (including phenoxy) is 3. The molecule has 1 N–H and O–H groups in total. The zero-order valence-electron chi connectivity index (χ0n) is 11.0. The third kappa shape index (κ3) is 3.03. The minimum atomic E-state index is -0.237. The van der Waals surface area contributed by atoms with Gasteiger partial charge in [0.2, 0.25) is 0 Å². The maximum atomic E-state index is 5.74. The van der Waals surface area contributed by atoms with E-state index < -0.39 is 0 Å². The Balaban J connectivity index is 1.37. The second kappa shape index (κ2) is 5.84. The van der Waals surface area contributed by atoms with Crippen molar-refractivity contribution in [3.63, 3.8) is 0 Å². The van der Waals surface area contributed by atoms with Crippen LogP contribution in [-0.2, 0) is 14.2 Å². The molecule has 3 aliphatic rings. The lowest BCUT2D eigenvalue weighted by Crippen LogP contribution is -2.46. The highest BCUT2D eigenvalue weighted by atomic mass is 16.7. The summed E-state index contributed by atoms with van der Waals surface area (Å²) in [6, 6.07) is 0. The van der Waals surface area contributed by atoms with Crippen molar-refractivity contribution in [1.29, 1.82) is 0 Å². The van der Waals surface area contributed by atoms with Crippen LogP contribution in [0.5, 0.6) is 0 Å². The van der Waals surface area contributed by atoms with Crippen molar-refractivity contribution in [3.05, 3.63) is 0 Å². The van der Waals surface area contributed by atoms with Gasteiger partial charge in [0.05, 0.1) is 25.9 Å². The maximum Gasteiger partial charge on any atom is 0.170 e. The van der Waals surface area contributed by atoms with Gasteiger partial charge in [-0.3, -0.25) is 0 Å². The molecule has 0 bridgehead atoms. The van der Waals surface area contributed by atoms with Crippen LogP contribution in [-0.4, -0.2) is 69.3 Å². The molecule has 1 atom stereocenters. The number of rotatable bonds is 3. The number of morpholine rings is 1. The highest BCUT2D eigenvalue weighted by Crippen LogP contribution is 2.31. The third-order valence-corrected chi connectivity index (χ3v) is 4.20. The van der Waals surface area contributed by atoms with Gasteiger partial charge in [-0.25, -0.2) is 0 Å². The smallest absolute Gasteiger partial charge is 0.170 e. The fraction of sp³-hybridized carbons (Fsp3) is 1.00. The van der Waals surface area contributed by atoms with Crippen LogP contribution in [0.4, 0.5) is 0 Å². The van der Waals surface area contributed by atoms with Crippen LogP contribution in [0.2, 0.25) is 0 Å². The molecule has 0 aromatic carbocycles. The van der Waals surface area contributed by atoms with E-state index in [0.717, 1.165) is 71.8 Å². The van der Waals surface area contributed by atoms with Gasteiger partial charge < -0.3 is 24.4 Å². The second-order valence-corrected chi connectivity index (χ2v) is 5.43. The number of nitrogens with zero attached hydrogens (tertiary/aromatic N) is 1. The quantitative estimate of drug-likeness (QED) is 0.781. The summed E-state index contributed by atoms with van der Waals surface area (Å²) in [6.07, 6.45) is 3.54. The van der Waals surface area contributed by atoms with Crippen LogP contribution >= 0.6 is 0 Å². The Bertz CT molecular complexity index is 253. The molecule has 0 aromatic rings. The first-order valence-corrected chi connectivity index (χ1v) is 7.19. The number of hydrogen-bond acceptors (Lipinski definition) is 5. The molecule has 0 saturated carbocycles. The van der Waals surface area contributed by atoms with E-state index in [0.29, 0.717) is 6.10 Å². The average Bonchev–Trinajstić information content (AvgIpc) is 2.88. The van der Waals surface area contributed by atoms with Gasteiger partial charge in [0, 0.05) is 45.6 Å². The molecule has 3 aliphatic heterocycles. The van der Waals surface area contributed by atoms with Gasteiger partial charge in [-0.05, 0) is 6.42 Å². The van der Waals surface area contributed by atoms with Crippen LogP contribution in [0.1, 0.15) is 19.3 Å². The molecule has 0 aliphatic carbocycles. The molecule has 0 radical (unpaired) electrons. The number of piperidine rings is 1. The minimum absolute atomic E-state index is 0.237. The Morgan fingerprint density at radius 1 is 1.11 bits per heavy atom. The lowest BCUT2D eigenvalue weighted by atomic mass is 10.0. The normalized spacial score (nSPS) is 33.0. The Labute approximate surface area is 109 Å². The molecule has 0 aromatic heterocycles. The molecular weight excluding hydrogens is 232 g/mol. The predicted octanol–water partition coefficient (Wildman–Crippen LogP) is 0.204. The van der Waals surface area contributed by atoms with Crippen molar-refractivity contribution in [2.75, 3.05) is 52.5 Å². The number of likely N-dealkylation sites (tertiary alicyclic amines) is 1. The molecule has 5 heteroatoms. The Hall–Kier alpha value is -0.200. The summed E-state index contributed by atoms with van der Waals surface area (Å²) in [5.74, 6) is -0.237. The van der Waals surface area contributed by atoms with Gasteiger partial charge in [-0.15, -0.1) is 0 Å². The minimum Gasteiger partial charge on any atom is -0.376 e. The summed E-state index contributed by atoms with van der Waals surface area (Å²) >= 11 is 0. The second-order valence-electron chi connectivity index (χ2n) is 5.43. The molecule has 3 heterocycles. The van der Waals surface area contributed by atoms with E-state index in [-0.39, 0.29) is 5.79 Å². The molecule has 18 heavy (non-hydrogen) atoms. The van der Waals surface area contributed by atoms with Crippen LogP contribution in [0.15, 0.2) is 0 Å². The molecule has 3 rings (SSSR count). The summed E-state index contributed by atoms with van der Waals surface area (Å²) in [4.78, 5) is 2.51. The van der Waals surface area contributed by atoms with Gasteiger partial charge >= 0.3 is 0 Å². The van der Waals surface area contributed by atoms with Gasteiger partial charge in [0.15, 0.2) is 5.79 Å². The molecule has 0 amide bonds. The zero-order chi connectivity index (χ0) is 12.3. The topological polar surface area (TPSA) is 43.0 Å². The van der Waals surface area contributed by atoms with Gasteiger partial charge in [-0.2, -0.15) is 0 Å². The molecule has 3 saturated heterocycles. The molecule has 5 nitrogen and oxygen atoms in total. The number of hydrogen-bond donors (Lipinski definition) is 1. The zero-order valence-corrected chi connectivity index (χ0v) is 11.0. The molecule has 104 valence electrons. The van der Waals surface area contributed by atoms with Gasteiger partial charge in [0.1, 0.15) is 0 Å². The van der Waals surface area contributed by atoms with Gasteiger partial charge in [0.25, 0.3) is 0 Å². The van der Waals surface area contributed by atoms with Crippen molar-refractivity contribution in [2.24, 2.45) is 0 Å². The molecule has 1 spiro atoms. The third-order valence-electron chi connectivity index (χ3n) is 4.20. The maximum absolute atomic E-state index is 5.74. The molecular formula is C13H24N2O3. The summed E-state index contributed by atoms with van der Waals surface area (Å²) in [5, 5.41) is 3.38. The van der Waals surface area contributed by atoms with Crippen molar-refractivity contribution in [3.8, 4) is 0 Å². The Morgan fingerprint density at radius 3 is 2.56 bits per heavy atom. The standard InChI is InChI=1S/C13H24N2O3/c1(12-11-14-4-8-16-12)5-15-6-2-13(3-7-15)17-9-10-18-13/h12,14H,1-11H2. The van der Waals surface area contributed by atoms with Crippen molar-refractivity contribution in [1.82, 2.24) is 10.2 Å². The van der Waals surface area contributed by atoms with Crippen molar-refractivity contribution < 1.29 is 14.2 Å². The Kier molecular flexibility index (Phi) is 4.16. The summed E-state index contributed by atoms with van der Waals surface area (Å²) in [5.41, 5.74) is 0. The van der Waals surface area contributed by atoms with E-state index in [2.05, 4.69) is 10.2 Å². The monoisotopic (exact) mass is 256 g/mol. The van der Waals surface area contributed by atoms with E-state index in [4.69, 9.17) is 14.2 Å². The van der Waals surface area contributed by atoms with Crippen molar-refractivity contribution >= 4 is 0 Å². The summed E-state index contributed by atoms with van der Waals surface area (Å²) in [6.45, 7) is 7.68. The molecule has 1 unspecified atom stereocenters. The predicted molar refractivity (Wildman–Crippen MR) is 67.5 cm³/mol. The van der Waals surface area contributed by atoms with E-state index in [1.807, 2.05) is 0 Å². The van der Waals surface area contributed by atoms with E-state index in [1.54, 1.807) is 0 Å². The van der Waals surface area contributed by atoms with E-state index >= 15 is 0 Å². The Morgan fingerprint density at radius 2 is 1.89 bits per heavy atom. The first-order chi connectivity index (χ1) is 8.86. The van der Waals surface area contributed by atoms with Crippen LogP contribution in [0.25, 0.3) is 0 Å². The van der Waals surface area contributed by atoms with Crippen LogP contribution in [0, 0.1) is 0 Å². The summed E-state index contributed by atoms with van der Waals surface area (Å²) < 4.78 is 17.2. The molecule has 3 fully saturated rings. The van der Waals surface area contributed by atoms with Crippen LogP contribution in [0.3, 0.4) is 0 Å². The van der Waals surface area contributed by atoms with Crippen molar-refractivity contribution in [2.45, 2.75) is 31.2 Å². The fourth-order valence-corrected chi connectivity index (χ4v) is 3.03. The highest BCUT2D eigenvalue weighted by Gasteiger charge is 2.39. The summed E-state index contributed by atoms with van der Waals surface area (Å²) in [7, 11) is 0. The lowest BCUT2D eigenvalue weighted by molar-refractivity contribution is -0.185. The number of nitrogens with one attached hydrogen (secondary N) is 1. The average molecular weight is 256 g/mol. The van der Waals surface area contributed by atoms with E-state index in [1.165, 1.54) is 0 Å². The lowest BCUT2D eigenvalue weighted by Gasteiger charge is -2.38. The van der Waals surface area contributed by atoms with E-state index in [9.17, 15) is 0 Å². The van der Waals surface area contributed by atoms with Gasteiger partial charge in [-0.1, -0.05) is 0 Å². The van der Waals surface area contributed by atoms with Crippen LogP contribution < -0.4 is 5.32 Å². The fourth-order valence-electron chi connectivity index (χ4n) is 3.03. The highest BCUT2D eigenvalue weighted by molar-refractivity contribution is 4.83. The SMILES string of the molecule is C1COC(CCN2CCC3(CC2)OCCO3)CN1. The first-order valence-electron chi connectivity index (χ1n) is 7.19.